The normalized spacial score (nSPS) is 9.47. The molecule has 0 aliphatic heterocycles. The molecular formula is C12H13N3O4. The van der Waals surface area contributed by atoms with Crippen LogP contribution in [-0.4, -0.2) is 24.5 Å². The number of nitrogens with zero attached hydrogens (tertiary/aromatic N) is 2. The second-order valence-electron chi connectivity index (χ2n) is 3.66. The Hall–Kier alpha value is -2.62. The standard InChI is InChI=1S/C12H13N3O4/c1-19-11-8-9(15(17)18)4-5-10(11)12(16)14-7-3-2-6-13/h4-5,8H,2-3,7H2,1H3,(H,14,16). The maximum Gasteiger partial charge on any atom is 0.273 e. The third-order valence-corrected chi connectivity index (χ3v) is 2.39. The number of amides is 1. The molecule has 1 aromatic rings. The number of unbranched alkanes of at least 4 members (excludes halogenated alkanes) is 1. The monoisotopic (exact) mass is 263 g/mol. The van der Waals surface area contributed by atoms with Crippen molar-refractivity contribution in [2.45, 2.75) is 12.8 Å². The van der Waals surface area contributed by atoms with E-state index in [-0.39, 0.29) is 22.9 Å². The molecule has 1 N–H and O–H groups in total. The van der Waals surface area contributed by atoms with E-state index in [1.54, 1.807) is 0 Å². The molecule has 0 aromatic heterocycles. The van der Waals surface area contributed by atoms with Crippen molar-refractivity contribution in [2.75, 3.05) is 13.7 Å². The number of hydrogen-bond acceptors (Lipinski definition) is 5. The average molecular weight is 263 g/mol. The summed E-state index contributed by atoms with van der Waals surface area (Å²) in [6.45, 7) is 0.368. The maximum atomic E-state index is 11.8. The molecule has 0 aliphatic carbocycles. The Kier molecular flexibility index (Phi) is 5.29. The van der Waals surface area contributed by atoms with Crippen LogP contribution in [0.4, 0.5) is 5.69 Å². The first-order chi connectivity index (χ1) is 9.10. The van der Waals surface area contributed by atoms with Gasteiger partial charge < -0.3 is 10.1 Å². The summed E-state index contributed by atoms with van der Waals surface area (Å²) >= 11 is 0. The minimum atomic E-state index is -0.558. The van der Waals surface area contributed by atoms with Gasteiger partial charge in [-0.25, -0.2) is 0 Å². The summed E-state index contributed by atoms with van der Waals surface area (Å²) in [6.07, 6.45) is 0.912. The Morgan fingerprint density at radius 3 is 2.89 bits per heavy atom. The Balaban J connectivity index is 2.79. The highest BCUT2D eigenvalue weighted by atomic mass is 16.6. The predicted octanol–water partition coefficient (Wildman–Crippen LogP) is 1.64. The Labute approximate surface area is 109 Å². The molecule has 0 atom stereocenters. The molecule has 0 spiro atoms. The highest BCUT2D eigenvalue weighted by Gasteiger charge is 2.16. The number of methoxy groups -OCH3 is 1. The van der Waals surface area contributed by atoms with Crippen LogP contribution in [0.15, 0.2) is 18.2 Å². The van der Waals surface area contributed by atoms with Crippen molar-refractivity contribution < 1.29 is 14.5 Å². The molecule has 1 rings (SSSR count). The number of rotatable bonds is 6. The lowest BCUT2D eigenvalue weighted by Crippen LogP contribution is -2.24. The van der Waals surface area contributed by atoms with E-state index in [9.17, 15) is 14.9 Å². The molecule has 7 nitrogen and oxygen atoms in total. The van der Waals surface area contributed by atoms with Crippen molar-refractivity contribution in [1.82, 2.24) is 5.32 Å². The van der Waals surface area contributed by atoms with Gasteiger partial charge in [0.2, 0.25) is 0 Å². The van der Waals surface area contributed by atoms with Gasteiger partial charge in [0, 0.05) is 19.0 Å². The summed E-state index contributed by atoms with van der Waals surface area (Å²) in [7, 11) is 1.34. The number of nitro groups is 1. The Bertz CT molecular complexity index is 522. The quantitative estimate of drug-likeness (QED) is 0.477. The van der Waals surface area contributed by atoms with Gasteiger partial charge in [0.1, 0.15) is 5.75 Å². The fourth-order valence-electron chi connectivity index (χ4n) is 1.45. The van der Waals surface area contributed by atoms with Crippen LogP contribution in [0.5, 0.6) is 5.75 Å². The summed E-state index contributed by atoms with van der Waals surface area (Å²) in [5.74, 6) is -0.239. The van der Waals surface area contributed by atoms with Crippen LogP contribution in [0.3, 0.4) is 0 Å². The van der Waals surface area contributed by atoms with Crippen LogP contribution in [0.25, 0.3) is 0 Å². The van der Waals surface area contributed by atoms with Gasteiger partial charge in [-0.3, -0.25) is 14.9 Å². The lowest BCUT2D eigenvalue weighted by atomic mass is 10.1. The minimum Gasteiger partial charge on any atom is -0.496 e. The van der Waals surface area contributed by atoms with Crippen LogP contribution in [0.2, 0.25) is 0 Å². The van der Waals surface area contributed by atoms with E-state index in [0.717, 1.165) is 0 Å². The van der Waals surface area contributed by atoms with Crippen molar-refractivity contribution in [2.24, 2.45) is 0 Å². The van der Waals surface area contributed by atoms with E-state index in [2.05, 4.69) is 5.32 Å². The SMILES string of the molecule is COc1cc([N+](=O)[O-])ccc1C(=O)NCCCC#N. The topological polar surface area (TPSA) is 105 Å². The number of carbonyl (C=O) groups is 1. The molecule has 0 radical (unpaired) electrons. The summed E-state index contributed by atoms with van der Waals surface area (Å²) in [5.41, 5.74) is 0.0861. The number of ether oxygens (including phenoxy) is 1. The first kappa shape index (κ1) is 14.4. The van der Waals surface area contributed by atoms with E-state index in [1.165, 1.54) is 25.3 Å². The van der Waals surface area contributed by atoms with E-state index in [1.807, 2.05) is 6.07 Å². The molecule has 0 unspecified atom stereocenters. The second-order valence-corrected chi connectivity index (χ2v) is 3.66. The number of nitrogens with one attached hydrogen (secondary N) is 1. The average Bonchev–Trinajstić information content (AvgIpc) is 2.42. The zero-order valence-electron chi connectivity index (χ0n) is 10.4. The van der Waals surface area contributed by atoms with Crippen molar-refractivity contribution in [1.29, 1.82) is 5.26 Å². The zero-order valence-corrected chi connectivity index (χ0v) is 10.4. The first-order valence-electron chi connectivity index (χ1n) is 5.57. The van der Waals surface area contributed by atoms with E-state index in [0.29, 0.717) is 19.4 Å². The number of nitriles is 1. The number of non-ortho nitro benzene ring substituents is 1. The number of hydrogen-bond donors (Lipinski definition) is 1. The fourth-order valence-corrected chi connectivity index (χ4v) is 1.45. The third-order valence-electron chi connectivity index (χ3n) is 2.39. The van der Waals surface area contributed by atoms with Gasteiger partial charge >= 0.3 is 0 Å². The molecule has 1 aromatic carbocycles. The van der Waals surface area contributed by atoms with Gasteiger partial charge in [0.05, 0.1) is 29.7 Å². The van der Waals surface area contributed by atoms with Crippen molar-refractivity contribution in [3.05, 3.63) is 33.9 Å². The van der Waals surface area contributed by atoms with Gasteiger partial charge in [0.15, 0.2) is 0 Å². The highest BCUT2D eigenvalue weighted by molar-refractivity contribution is 5.97. The number of benzene rings is 1. The van der Waals surface area contributed by atoms with E-state index < -0.39 is 4.92 Å². The van der Waals surface area contributed by atoms with Gasteiger partial charge in [0.25, 0.3) is 11.6 Å². The van der Waals surface area contributed by atoms with Crippen molar-refractivity contribution in [3.63, 3.8) is 0 Å². The van der Waals surface area contributed by atoms with Gasteiger partial charge in [-0.1, -0.05) is 0 Å². The van der Waals surface area contributed by atoms with Crippen LogP contribution in [0, 0.1) is 21.4 Å². The number of carbonyl (C=O) groups excluding carboxylic acids is 1. The molecule has 1 amide bonds. The Morgan fingerprint density at radius 2 is 2.32 bits per heavy atom. The Morgan fingerprint density at radius 1 is 1.58 bits per heavy atom. The predicted molar refractivity (Wildman–Crippen MR) is 66.8 cm³/mol. The molecule has 19 heavy (non-hydrogen) atoms. The van der Waals surface area contributed by atoms with Crippen LogP contribution >= 0.6 is 0 Å². The second kappa shape index (κ2) is 6.96. The van der Waals surface area contributed by atoms with Crippen LogP contribution in [-0.2, 0) is 0 Å². The lowest BCUT2D eigenvalue weighted by molar-refractivity contribution is -0.384. The summed E-state index contributed by atoms with van der Waals surface area (Å²) in [6, 6.07) is 5.76. The number of nitro benzene ring substituents is 1. The lowest BCUT2D eigenvalue weighted by Gasteiger charge is -2.08. The minimum absolute atomic E-state index is 0.141. The molecule has 0 saturated carbocycles. The maximum absolute atomic E-state index is 11.8. The molecule has 7 heteroatoms. The largest absolute Gasteiger partial charge is 0.496 e. The molecular weight excluding hydrogens is 250 g/mol. The molecule has 0 heterocycles. The van der Waals surface area contributed by atoms with Gasteiger partial charge in [-0.15, -0.1) is 0 Å². The van der Waals surface area contributed by atoms with E-state index >= 15 is 0 Å². The molecule has 100 valence electrons. The molecule has 0 fully saturated rings. The summed E-state index contributed by atoms with van der Waals surface area (Å²) < 4.78 is 4.97. The fraction of sp³-hybridized carbons (Fsp3) is 0.333. The molecule has 0 bridgehead atoms. The smallest absolute Gasteiger partial charge is 0.273 e. The first-order valence-corrected chi connectivity index (χ1v) is 5.57. The van der Waals surface area contributed by atoms with Gasteiger partial charge in [-0.05, 0) is 12.5 Å². The molecule has 0 saturated heterocycles. The van der Waals surface area contributed by atoms with E-state index in [4.69, 9.17) is 10.00 Å². The summed E-state index contributed by atoms with van der Waals surface area (Å²) in [4.78, 5) is 21.9. The van der Waals surface area contributed by atoms with Crippen LogP contribution < -0.4 is 10.1 Å². The highest BCUT2D eigenvalue weighted by Crippen LogP contribution is 2.24. The zero-order chi connectivity index (χ0) is 14.3. The van der Waals surface area contributed by atoms with Crippen molar-refractivity contribution >= 4 is 11.6 Å². The molecule has 0 aliphatic rings. The third kappa shape index (κ3) is 3.96. The van der Waals surface area contributed by atoms with Crippen LogP contribution in [0.1, 0.15) is 23.2 Å². The summed E-state index contributed by atoms with van der Waals surface area (Å²) in [5, 5.41) is 21.6. The van der Waals surface area contributed by atoms with Crippen molar-refractivity contribution in [3.8, 4) is 11.8 Å². The van der Waals surface area contributed by atoms with Gasteiger partial charge in [-0.2, -0.15) is 5.26 Å².